The molecule has 1 aromatic carbocycles. The molecule has 11 heavy (non-hydrogen) atoms. The summed E-state index contributed by atoms with van der Waals surface area (Å²) in [6.07, 6.45) is 3.03. The topological polar surface area (TPSA) is 20.2 Å². The van der Waals surface area contributed by atoms with Crippen molar-refractivity contribution in [1.82, 2.24) is 0 Å². The van der Waals surface area contributed by atoms with E-state index in [2.05, 4.69) is 13.0 Å². The van der Waals surface area contributed by atoms with Gasteiger partial charge in [0, 0.05) is 5.56 Å². The molecule has 0 saturated heterocycles. The van der Waals surface area contributed by atoms with Gasteiger partial charge in [-0.1, -0.05) is 18.2 Å². The van der Waals surface area contributed by atoms with E-state index in [9.17, 15) is 5.11 Å². The van der Waals surface area contributed by atoms with E-state index >= 15 is 0 Å². The van der Waals surface area contributed by atoms with Gasteiger partial charge in [-0.3, -0.25) is 0 Å². The van der Waals surface area contributed by atoms with E-state index in [4.69, 9.17) is 0 Å². The van der Waals surface area contributed by atoms with E-state index in [1.807, 2.05) is 12.1 Å². The third-order valence-corrected chi connectivity index (χ3v) is 2.19. The average molecular weight is 146 g/mol. The standard InChI is InChI=1S/C10H10O/c1-7-5-6-9-8(7)3-2-4-10(9)11/h2-5,11H,6H2,1H3. The predicted molar refractivity (Wildman–Crippen MR) is 45.5 cm³/mol. The monoisotopic (exact) mass is 146 g/mol. The van der Waals surface area contributed by atoms with Crippen molar-refractivity contribution in [1.29, 1.82) is 0 Å². The van der Waals surface area contributed by atoms with Crippen LogP contribution in [0.2, 0.25) is 0 Å². The Bertz CT molecular complexity index is 324. The normalized spacial score (nSPS) is 14.5. The lowest BCUT2D eigenvalue weighted by atomic mass is 10.1. The first kappa shape index (κ1) is 6.47. The Balaban J connectivity index is 2.64. The molecule has 0 amide bonds. The zero-order chi connectivity index (χ0) is 7.84. The number of phenolic OH excluding ortho intramolecular Hbond substituents is 1. The van der Waals surface area contributed by atoms with Gasteiger partial charge in [0.2, 0.25) is 0 Å². The van der Waals surface area contributed by atoms with E-state index in [1.165, 1.54) is 11.1 Å². The maximum atomic E-state index is 9.42. The van der Waals surface area contributed by atoms with Crippen LogP contribution in [0.1, 0.15) is 18.1 Å². The van der Waals surface area contributed by atoms with Gasteiger partial charge < -0.3 is 5.11 Å². The van der Waals surface area contributed by atoms with Crippen LogP contribution < -0.4 is 0 Å². The van der Waals surface area contributed by atoms with Gasteiger partial charge in [0.1, 0.15) is 5.75 Å². The maximum Gasteiger partial charge on any atom is 0.119 e. The molecule has 0 atom stereocenters. The summed E-state index contributed by atoms with van der Waals surface area (Å²) in [6.45, 7) is 2.07. The largest absolute Gasteiger partial charge is 0.508 e. The summed E-state index contributed by atoms with van der Waals surface area (Å²) >= 11 is 0. The molecule has 0 aliphatic heterocycles. The Kier molecular flexibility index (Phi) is 1.25. The molecule has 2 rings (SSSR count). The first-order valence-electron chi connectivity index (χ1n) is 3.77. The third-order valence-electron chi connectivity index (χ3n) is 2.19. The molecule has 1 aromatic rings. The fourth-order valence-electron chi connectivity index (χ4n) is 1.52. The van der Waals surface area contributed by atoms with Crippen molar-refractivity contribution in [2.24, 2.45) is 0 Å². The van der Waals surface area contributed by atoms with Gasteiger partial charge in [0.15, 0.2) is 0 Å². The Hall–Kier alpha value is -1.24. The van der Waals surface area contributed by atoms with Crippen LogP contribution in [-0.2, 0) is 6.42 Å². The molecule has 1 aliphatic rings. The van der Waals surface area contributed by atoms with Gasteiger partial charge in [-0.05, 0) is 30.5 Å². The Labute approximate surface area is 66.0 Å². The van der Waals surface area contributed by atoms with Crippen molar-refractivity contribution in [3.63, 3.8) is 0 Å². The van der Waals surface area contributed by atoms with Crippen LogP contribution in [0.25, 0.3) is 5.57 Å². The number of rotatable bonds is 0. The molecule has 1 heteroatoms. The van der Waals surface area contributed by atoms with E-state index in [0.29, 0.717) is 5.75 Å². The van der Waals surface area contributed by atoms with Crippen molar-refractivity contribution >= 4 is 5.57 Å². The highest BCUT2D eigenvalue weighted by Crippen LogP contribution is 2.32. The van der Waals surface area contributed by atoms with Crippen LogP contribution in [0.4, 0.5) is 0 Å². The van der Waals surface area contributed by atoms with Crippen LogP contribution in [0, 0.1) is 0 Å². The lowest BCUT2D eigenvalue weighted by Gasteiger charge is -2.01. The summed E-state index contributed by atoms with van der Waals surface area (Å²) in [4.78, 5) is 0. The van der Waals surface area contributed by atoms with E-state index in [0.717, 1.165) is 12.0 Å². The van der Waals surface area contributed by atoms with Gasteiger partial charge in [-0.15, -0.1) is 0 Å². The number of hydrogen-bond donors (Lipinski definition) is 1. The first-order chi connectivity index (χ1) is 5.29. The summed E-state index contributed by atoms with van der Waals surface area (Å²) in [5, 5.41) is 9.42. The van der Waals surface area contributed by atoms with Gasteiger partial charge in [0.25, 0.3) is 0 Å². The quantitative estimate of drug-likeness (QED) is 0.595. The molecule has 0 aromatic heterocycles. The van der Waals surface area contributed by atoms with Crippen molar-refractivity contribution in [2.45, 2.75) is 13.3 Å². The van der Waals surface area contributed by atoms with Gasteiger partial charge in [-0.2, -0.15) is 0 Å². The lowest BCUT2D eigenvalue weighted by Crippen LogP contribution is -1.82. The second-order valence-corrected chi connectivity index (χ2v) is 2.89. The molecule has 0 fully saturated rings. The fourth-order valence-corrected chi connectivity index (χ4v) is 1.52. The minimum Gasteiger partial charge on any atom is -0.508 e. The van der Waals surface area contributed by atoms with Gasteiger partial charge >= 0.3 is 0 Å². The zero-order valence-electron chi connectivity index (χ0n) is 6.46. The predicted octanol–water partition coefficient (Wildman–Crippen LogP) is 2.35. The Morgan fingerprint density at radius 2 is 2.18 bits per heavy atom. The minimum absolute atomic E-state index is 0.426. The third kappa shape index (κ3) is 0.845. The van der Waals surface area contributed by atoms with Crippen LogP contribution >= 0.6 is 0 Å². The van der Waals surface area contributed by atoms with Crippen LogP contribution in [0.15, 0.2) is 24.3 Å². The number of aromatic hydroxyl groups is 1. The number of hydrogen-bond acceptors (Lipinski definition) is 1. The smallest absolute Gasteiger partial charge is 0.119 e. The van der Waals surface area contributed by atoms with Crippen LogP contribution in [0.3, 0.4) is 0 Å². The van der Waals surface area contributed by atoms with Crippen LogP contribution in [0.5, 0.6) is 5.75 Å². The summed E-state index contributed by atoms with van der Waals surface area (Å²) in [5.74, 6) is 0.426. The zero-order valence-corrected chi connectivity index (χ0v) is 6.46. The number of allylic oxidation sites excluding steroid dienone is 2. The summed E-state index contributed by atoms with van der Waals surface area (Å²) in [5.41, 5.74) is 3.55. The van der Waals surface area contributed by atoms with Gasteiger partial charge in [0.05, 0.1) is 0 Å². The van der Waals surface area contributed by atoms with Gasteiger partial charge in [-0.25, -0.2) is 0 Å². The molecule has 0 bridgehead atoms. The average Bonchev–Trinajstić information content (AvgIpc) is 2.35. The molecule has 1 aliphatic carbocycles. The molecule has 0 saturated carbocycles. The number of phenols is 1. The van der Waals surface area contributed by atoms with Crippen molar-refractivity contribution in [3.8, 4) is 5.75 Å². The molecular formula is C10H10O. The fraction of sp³-hybridized carbons (Fsp3) is 0.200. The molecule has 1 nitrogen and oxygen atoms in total. The molecule has 1 N–H and O–H groups in total. The Morgan fingerprint density at radius 3 is 2.91 bits per heavy atom. The van der Waals surface area contributed by atoms with Crippen molar-refractivity contribution in [2.75, 3.05) is 0 Å². The second-order valence-electron chi connectivity index (χ2n) is 2.89. The summed E-state index contributed by atoms with van der Waals surface area (Å²) in [6, 6.07) is 5.68. The number of benzene rings is 1. The molecule has 0 heterocycles. The summed E-state index contributed by atoms with van der Waals surface area (Å²) in [7, 11) is 0. The summed E-state index contributed by atoms with van der Waals surface area (Å²) < 4.78 is 0. The highest BCUT2D eigenvalue weighted by atomic mass is 16.3. The van der Waals surface area contributed by atoms with Crippen molar-refractivity contribution < 1.29 is 5.11 Å². The SMILES string of the molecule is CC1=CCc2c(O)cccc21. The second kappa shape index (κ2) is 2.12. The molecule has 0 unspecified atom stereocenters. The first-order valence-corrected chi connectivity index (χ1v) is 3.77. The van der Waals surface area contributed by atoms with E-state index in [-0.39, 0.29) is 0 Å². The maximum absolute atomic E-state index is 9.42. The highest BCUT2D eigenvalue weighted by molar-refractivity contribution is 5.73. The van der Waals surface area contributed by atoms with Crippen LogP contribution in [-0.4, -0.2) is 5.11 Å². The Morgan fingerprint density at radius 1 is 1.36 bits per heavy atom. The number of fused-ring (bicyclic) bond motifs is 1. The minimum atomic E-state index is 0.426. The highest BCUT2D eigenvalue weighted by Gasteiger charge is 2.12. The lowest BCUT2D eigenvalue weighted by molar-refractivity contribution is 0.470. The molecule has 0 radical (unpaired) electrons. The van der Waals surface area contributed by atoms with E-state index < -0.39 is 0 Å². The molecule has 56 valence electrons. The van der Waals surface area contributed by atoms with Crippen molar-refractivity contribution in [3.05, 3.63) is 35.4 Å². The van der Waals surface area contributed by atoms with E-state index in [1.54, 1.807) is 6.07 Å². The molecular weight excluding hydrogens is 136 g/mol. The molecule has 0 spiro atoms.